The number of nitrogens with two attached hydrogens (primary N) is 1. The van der Waals surface area contributed by atoms with E-state index >= 15 is 9.59 Å². The van der Waals surface area contributed by atoms with Gasteiger partial charge in [0.15, 0.2) is 6.04 Å². The number of esters is 1. The fraction of sp³-hybridized carbons (Fsp3) is 0.486. The molecule has 1 heterocycles. The third-order valence-electron chi connectivity index (χ3n) is 16.9. The van der Waals surface area contributed by atoms with E-state index in [2.05, 4.69) is 53.2 Å². The third-order valence-corrected chi connectivity index (χ3v) is 16.9. The fourth-order valence-corrected chi connectivity index (χ4v) is 10.9. The van der Waals surface area contributed by atoms with E-state index in [9.17, 15) is 73.8 Å². The summed E-state index contributed by atoms with van der Waals surface area (Å²) < 4.78 is 5.87. The second-order valence-corrected chi connectivity index (χ2v) is 26.4. The Morgan fingerprint density at radius 2 is 0.921 bits per heavy atom. The molecule has 0 bridgehead atoms. The average Bonchev–Trinajstić information content (AvgIpc) is 0.851. The van der Waals surface area contributed by atoms with Gasteiger partial charge >= 0.3 is 5.97 Å². The monoisotopic (exact) mass is 1410 g/mol. The first-order valence-corrected chi connectivity index (χ1v) is 33.7. The highest BCUT2D eigenvalue weighted by Crippen LogP contribution is 2.19. The zero-order valence-corrected chi connectivity index (χ0v) is 58.3. The molecule has 4 aromatic rings. The SMILES string of the molecule is Cc1ccccc1C=CC(=O)NC1C(=O)NC(Cc2ccccc2)C(=O)NC(CC(C)C)C(=O)NC(Cc2ccc(O)cc2)C(=O)NC(CCCCN)C(=O)NC(C(O)C(C)C)C(=O)NC(CO)C(=O)NC(Cc2ccc(O)cc2)C(=O)NC(C(C)O)C(=O)NC(C(O)C(C)C)C(=O)OC1C. The summed E-state index contributed by atoms with van der Waals surface area (Å²) in [7, 11) is 0. The normalized spacial score (nSPS) is 24.2. The first-order valence-electron chi connectivity index (χ1n) is 33.7. The molecule has 0 aliphatic carbocycles. The summed E-state index contributed by atoms with van der Waals surface area (Å²) in [6.07, 6.45) is -5.17. The molecule has 0 aromatic heterocycles. The number of aliphatic hydroxyl groups is 4. The van der Waals surface area contributed by atoms with Crippen molar-refractivity contribution in [2.75, 3.05) is 13.2 Å². The van der Waals surface area contributed by atoms with E-state index in [0.29, 0.717) is 23.1 Å². The summed E-state index contributed by atoms with van der Waals surface area (Å²) >= 11 is 0. The van der Waals surface area contributed by atoms with Gasteiger partial charge in [-0.2, -0.15) is 0 Å². The highest BCUT2D eigenvalue weighted by molar-refractivity contribution is 6.00. The van der Waals surface area contributed by atoms with E-state index in [1.807, 2.05) is 0 Å². The quantitative estimate of drug-likeness (QED) is 0.0285. The standard InChI is InChI=1S/C72H99N11O18/c1-38(2)33-51-64(92)76-52(35-45-22-27-48(86)28-23-45)65(93)74-50(21-15-16-32-73)63(91)82-59(61(89)39(3)4)71(99)79-55(37-84)68(96)77-54(36-46-24-29-49(87)30-25-46)67(95)81-57(42(8)85)69(97)83-60(62(90)40(5)6)72(100)101-43(9)58(80-56(88)31-26-47-20-14-13-17-41(47)7)70(98)78-53(66(94)75-51)34-44-18-11-10-12-19-44/h10-14,17-20,22-31,38-40,42-43,50-55,57-62,84-87,89-90H,15-16,21,32-37,73H2,1-9H3,(H,74,93)(H,75,94)(H,76,92)(H,77,96)(H,78,98)(H,79,99)(H,80,88)(H,81,95)(H,82,91)(H,83,97). The zero-order valence-electron chi connectivity index (χ0n) is 58.3. The van der Waals surface area contributed by atoms with E-state index < -0.39 is 175 Å². The van der Waals surface area contributed by atoms with Gasteiger partial charge in [0.05, 0.1) is 24.9 Å². The van der Waals surface area contributed by atoms with Crippen molar-refractivity contribution < 1.29 is 88.1 Å². The number of hydrogen-bond donors (Lipinski definition) is 17. The largest absolute Gasteiger partial charge is 0.508 e. The number of aromatic hydroxyl groups is 2. The molecule has 14 unspecified atom stereocenters. The highest BCUT2D eigenvalue weighted by atomic mass is 16.5. The highest BCUT2D eigenvalue weighted by Gasteiger charge is 2.42. The predicted octanol–water partition coefficient (Wildman–Crippen LogP) is -0.477. The molecule has 101 heavy (non-hydrogen) atoms. The number of cyclic esters (lactones) is 1. The van der Waals surface area contributed by atoms with E-state index in [-0.39, 0.29) is 61.6 Å². The molecule has 1 aliphatic heterocycles. The van der Waals surface area contributed by atoms with Gasteiger partial charge in [-0.1, -0.05) is 120 Å². The minimum Gasteiger partial charge on any atom is -0.508 e. The molecule has 4 aromatic carbocycles. The number of carbonyl (C=O) groups excluding carboxylic acids is 11. The summed E-state index contributed by atoms with van der Waals surface area (Å²) in [4.78, 5) is 161. The van der Waals surface area contributed by atoms with E-state index in [4.69, 9.17) is 10.5 Å². The summed E-state index contributed by atoms with van der Waals surface area (Å²) in [5.41, 5.74) is 8.43. The van der Waals surface area contributed by atoms with Crippen molar-refractivity contribution in [1.29, 1.82) is 0 Å². The van der Waals surface area contributed by atoms with Gasteiger partial charge in [-0.05, 0) is 129 Å². The molecule has 550 valence electrons. The molecule has 14 atom stereocenters. The van der Waals surface area contributed by atoms with Crippen molar-refractivity contribution in [3.05, 3.63) is 137 Å². The number of phenols is 2. The number of ether oxygens (including phenoxy) is 1. The van der Waals surface area contributed by atoms with Gasteiger partial charge in [0.2, 0.25) is 59.1 Å². The number of benzene rings is 4. The van der Waals surface area contributed by atoms with Gasteiger partial charge in [0.25, 0.3) is 0 Å². The van der Waals surface area contributed by atoms with Gasteiger partial charge in [-0.25, -0.2) is 4.79 Å². The number of phenolic OH excluding ortho intramolecular Hbond substituents is 2. The molecular formula is C72H99N11O18. The molecule has 0 saturated carbocycles. The molecule has 1 fully saturated rings. The van der Waals surface area contributed by atoms with Crippen molar-refractivity contribution in [2.24, 2.45) is 23.5 Å². The Kier molecular flexibility index (Phi) is 32.3. The summed E-state index contributed by atoms with van der Waals surface area (Å²) in [6.45, 7) is 12.5. The summed E-state index contributed by atoms with van der Waals surface area (Å²) in [5, 5.41) is 90.7. The Labute approximate surface area is 587 Å². The van der Waals surface area contributed by atoms with Crippen LogP contribution in [0.5, 0.6) is 11.5 Å². The number of aryl methyl sites for hydroxylation is 1. The van der Waals surface area contributed by atoms with Crippen molar-refractivity contribution in [3.8, 4) is 11.5 Å². The van der Waals surface area contributed by atoms with Crippen LogP contribution in [0.3, 0.4) is 0 Å². The maximum absolute atomic E-state index is 15.1. The Balaban J connectivity index is 1.71. The van der Waals surface area contributed by atoms with Crippen LogP contribution in [-0.4, -0.2) is 194 Å². The lowest BCUT2D eigenvalue weighted by Gasteiger charge is -2.31. The van der Waals surface area contributed by atoms with Crippen LogP contribution in [0.25, 0.3) is 6.08 Å². The first-order chi connectivity index (χ1) is 47.8. The first kappa shape index (κ1) is 81.9. The van der Waals surface area contributed by atoms with E-state index in [0.717, 1.165) is 18.6 Å². The van der Waals surface area contributed by atoms with E-state index in [1.165, 1.54) is 89.2 Å². The summed E-state index contributed by atoms with van der Waals surface area (Å²) in [5.74, 6) is -14.6. The number of unbranched alkanes of at least 4 members (excludes halogenated alkanes) is 1. The van der Waals surface area contributed by atoms with E-state index in [1.54, 1.807) is 75.4 Å². The Hall–Kier alpha value is -9.81. The van der Waals surface area contributed by atoms with Gasteiger partial charge in [0, 0.05) is 25.3 Å². The maximum atomic E-state index is 15.1. The number of hydrogen-bond acceptors (Lipinski definition) is 19. The zero-order chi connectivity index (χ0) is 74.8. The van der Waals surface area contributed by atoms with Crippen LogP contribution >= 0.6 is 0 Å². The Morgan fingerprint density at radius 3 is 1.43 bits per heavy atom. The smallest absolute Gasteiger partial charge is 0.331 e. The molecule has 18 N–H and O–H groups in total. The van der Waals surface area contributed by atoms with Crippen LogP contribution in [0.1, 0.15) is 109 Å². The molecule has 1 saturated heterocycles. The average molecular weight is 1410 g/mol. The number of rotatable bonds is 21. The van der Waals surface area contributed by atoms with Crippen LogP contribution in [0.2, 0.25) is 0 Å². The lowest BCUT2D eigenvalue weighted by atomic mass is 9.97. The molecule has 29 nitrogen and oxygen atoms in total. The molecule has 0 radical (unpaired) electrons. The van der Waals surface area contributed by atoms with Crippen molar-refractivity contribution in [1.82, 2.24) is 53.2 Å². The number of aliphatic hydroxyl groups excluding tert-OH is 4. The minimum atomic E-state index is -2.06. The van der Waals surface area contributed by atoms with Crippen molar-refractivity contribution >= 4 is 71.1 Å². The lowest BCUT2D eigenvalue weighted by Crippen LogP contribution is -2.64. The number of carbonyl (C=O) groups is 11. The maximum Gasteiger partial charge on any atom is 0.331 e. The lowest BCUT2D eigenvalue weighted by molar-refractivity contribution is -0.160. The second kappa shape index (κ2) is 39.8. The van der Waals surface area contributed by atoms with Crippen LogP contribution in [0.4, 0.5) is 0 Å². The molecular weight excluding hydrogens is 1310 g/mol. The Bertz CT molecular complexity index is 3480. The van der Waals surface area contributed by atoms with Gasteiger partial charge in [-0.15, -0.1) is 0 Å². The molecule has 29 heteroatoms. The topological polar surface area (TPSA) is 465 Å². The molecule has 1 aliphatic rings. The molecule has 10 amide bonds. The van der Waals surface area contributed by atoms with Crippen LogP contribution in [-0.2, 0) is 76.7 Å². The van der Waals surface area contributed by atoms with Crippen molar-refractivity contribution in [3.63, 3.8) is 0 Å². The number of amides is 10. The van der Waals surface area contributed by atoms with Crippen LogP contribution in [0, 0.1) is 24.7 Å². The van der Waals surface area contributed by atoms with Gasteiger partial charge < -0.3 is 94.3 Å². The third kappa shape index (κ3) is 25.7. The predicted molar refractivity (Wildman–Crippen MR) is 372 cm³/mol. The second-order valence-electron chi connectivity index (χ2n) is 26.4. The summed E-state index contributed by atoms with van der Waals surface area (Å²) in [6, 6.07) is 8.50. The molecule has 0 spiro atoms. The van der Waals surface area contributed by atoms with Crippen LogP contribution < -0.4 is 58.9 Å². The van der Waals surface area contributed by atoms with Gasteiger partial charge in [0.1, 0.15) is 72.0 Å². The molecule has 5 rings (SSSR count). The van der Waals surface area contributed by atoms with Crippen molar-refractivity contribution in [2.45, 2.75) is 192 Å². The minimum absolute atomic E-state index is 0.0782. The number of nitrogens with one attached hydrogen (secondary N) is 10. The van der Waals surface area contributed by atoms with Gasteiger partial charge in [-0.3, -0.25) is 47.9 Å². The fourth-order valence-electron chi connectivity index (χ4n) is 10.9. The Morgan fingerprint density at radius 1 is 0.505 bits per heavy atom. The van der Waals surface area contributed by atoms with Crippen LogP contribution in [0.15, 0.2) is 109 Å².